The van der Waals surface area contributed by atoms with Crippen molar-refractivity contribution in [3.8, 4) is 0 Å². The van der Waals surface area contributed by atoms with E-state index in [4.69, 9.17) is 0 Å². The van der Waals surface area contributed by atoms with Crippen LogP contribution in [0.5, 0.6) is 0 Å². The predicted octanol–water partition coefficient (Wildman–Crippen LogP) is 4.19. The molecule has 0 atom stereocenters. The molecule has 1 aliphatic heterocycles. The Morgan fingerprint density at radius 1 is 1.08 bits per heavy atom. The average Bonchev–Trinajstić information content (AvgIpc) is 3.60. The number of aromatic nitrogens is 4. The monoisotopic (exact) mass is 524 g/mol. The summed E-state index contributed by atoms with van der Waals surface area (Å²) in [6, 6.07) is 10.9. The van der Waals surface area contributed by atoms with Gasteiger partial charge in [0.15, 0.2) is 5.69 Å². The SMILES string of the molecule is O=C(c1cc(Cc2n[nH]c(=O)c3ccccc23)ccc1F)N1Cc2nc(NC3CC3)nc(C(F)(F)F)c2C1. The second-order valence-corrected chi connectivity index (χ2v) is 9.43. The molecule has 194 valence electrons. The maximum Gasteiger partial charge on any atom is 0.433 e. The van der Waals surface area contributed by atoms with E-state index in [9.17, 15) is 27.2 Å². The molecule has 0 unspecified atom stereocenters. The van der Waals surface area contributed by atoms with E-state index in [1.54, 1.807) is 24.3 Å². The zero-order valence-electron chi connectivity index (χ0n) is 19.8. The van der Waals surface area contributed by atoms with E-state index in [-0.39, 0.29) is 53.9 Å². The van der Waals surface area contributed by atoms with Crippen LogP contribution in [0.1, 0.15) is 51.4 Å². The van der Waals surface area contributed by atoms with Crippen LogP contribution in [0.4, 0.5) is 23.5 Å². The minimum atomic E-state index is -4.73. The molecule has 4 aromatic rings. The first kappa shape index (κ1) is 24.0. The van der Waals surface area contributed by atoms with E-state index in [0.29, 0.717) is 22.0 Å². The summed E-state index contributed by atoms with van der Waals surface area (Å²) in [5, 5.41) is 10.5. The molecular weight excluding hydrogens is 504 g/mol. The maximum atomic E-state index is 14.8. The molecule has 6 rings (SSSR count). The van der Waals surface area contributed by atoms with Crippen molar-refractivity contribution in [2.75, 3.05) is 5.32 Å². The largest absolute Gasteiger partial charge is 0.433 e. The lowest BCUT2D eigenvalue weighted by atomic mass is 10.0. The van der Waals surface area contributed by atoms with Crippen LogP contribution in [-0.2, 0) is 25.7 Å². The molecule has 0 radical (unpaired) electrons. The minimum Gasteiger partial charge on any atom is -0.351 e. The number of carbonyl (C=O) groups excluding carboxylic acids is 1. The summed E-state index contributed by atoms with van der Waals surface area (Å²) in [7, 11) is 0. The molecule has 38 heavy (non-hydrogen) atoms. The Hall–Kier alpha value is -4.35. The van der Waals surface area contributed by atoms with Crippen LogP contribution in [0.25, 0.3) is 10.8 Å². The molecule has 0 saturated heterocycles. The fourth-order valence-corrected chi connectivity index (χ4v) is 4.62. The van der Waals surface area contributed by atoms with Gasteiger partial charge in [0.1, 0.15) is 5.82 Å². The van der Waals surface area contributed by atoms with E-state index in [1.807, 2.05) is 0 Å². The third-order valence-electron chi connectivity index (χ3n) is 6.66. The predicted molar refractivity (Wildman–Crippen MR) is 129 cm³/mol. The summed E-state index contributed by atoms with van der Waals surface area (Å²) in [5.74, 6) is -1.68. The van der Waals surface area contributed by atoms with Gasteiger partial charge in [0, 0.05) is 23.4 Å². The number of carbonyl (C=O) groups is 1. The topological polar surface area (TPSA) is 104 Å². The number of halogens is 4. The standard InChI is InChI=1S/C26H20F4N6O2/c27-19-8-5-13(10-20-15-3-1-2-4-16(15)23(37)35-34-20)9-17(19)24(38)36-11-18-21(12-36)32-25(31-14-6-7-14)33-22(18)26(28,29)30/h1-5,8-9,14H,6-7,10-12H2,(H,35,37)(H,31,32,33). The van der Waals surface area contributed by atoms with Crippen molar-refractivity contribution >= 4 is 22.6 Å². The molecular formula is C26H20F4N6O2. The Morgan fingerprint density at radius 2 is 1.84 bits per heavy atom. The Bertz CT molecular complexity index is 1650. The second-order valence-electron chi connectivity index (χ2n) is 9.43. The maximum absolute atomic E-state index is 14.8. The quantitative estimate of drug-likeness (QED) is 0.380. The van der Waals surface area contributed by atoms with Crippen LogP contribution >= 0.6 is 0 Å². The first-order chi connectivity index (χ1) is 18.2. The molecule has 12 heteroatoms. The average molecular weight is 524 g/mol. The molecule has 1 aliphatic carbocycles. The van der Waals surface area contributed by atoms with E-state index in [2.05, 4.69) is 25.5 Å². The van der Waals surface area contributed by atoms with Gasteiger partial charge in [-0.3, -0.25) is 9.59 Å². The number of benzene rings is 2. The van der Waals surface area contributed by atoms with Crippen molar-refractivity contribution < 1.29 is 22.4 Å². The molecule has 2 aromatic heterocycles. The van der Waals surface area contributed by atoms with E-state index in [0.717, 1.165) is 23.8 Å². The Morgan fingerprint density at radius 3 is 2.58 bits per heavy atom. The molecule has 1 saturated carbocycles. The van der Waals surface area contributed by atoms with Crippen LogP contribution in [0.15, 0.2) is 47.3 Å². The van der Waals surface area contributed by atoms with Gasteiger partial charge in [-0.2, -0.15) is 18.3 Å². The van der Waals surface area contributed by atoms with Crippen LogP contribution in [0.3, 0.4) is 0 Å². The number of alkyl halides is 3. The number of nitrogens with zero attached hydrogens (tertiary/aromatic N) is 4. The van der Waals surface area contributed by atoms with Crippen molar-refractivity contribution in [2.45, 2.75) is 44.6 Å². The van der Waals surface area contributed by atoms with Crippen molar-refractivity contribution in [1.82, 2.24) is 25.1 Å². The molecule has 8 nitrogen and oxygen atoms in total. The zero-order valence-corrected chi connectivity index (χ0v) is 19.8. The number of anilines is 1. The number of H-pyrrole nitrogens is 1. The van der Waals surface area contributed by atoms with Crippen LogP contribution in [0, 0.1) is 5.82 Å². The van der Waals surface area contributed by atoms with Crippen molar-refractivity contribution in [3.05, 3.63) is 92.4 Å². The Balaban J connectivity index is 1.29. The number of fused-ring (bicyclic) bond motifs is 2. The lowest BCUT2D eigenvalue weighted by Gasteiger charge is -2.17. The van der Waals surface area contributed by atoms with Gasteiger partial charge in [-0.25, -0.2) is 19.5 Å². The summed E-state index contributed by atoms with van der Waals surface area (Å²) in [4.78, 5) is 34.4. The summed E-state index contributed by atoms with van der Waals surface area (Å²) < 4.78 is 56.1. The lowest BCUT2D eigenvalue weighted by molar-refractivity contribution is -0.141. The highest BCUT2D eigenvalue weighted by Crippen LogP contribution is 2.37. The molecule has 0 spiro atoms. The van der Waals surface area contributed by atoms with E-state index >= 15 is 0 Å². The molecule has 3 heterocycles. The first-order valence-corrected chi connectivity index (χ1v) is 11.9. The molecule has 0 bridgehead atoms. The third kappa shape index (κ3) is 4.46. The first-order valence-electron chi connectivity index (χ1n) is 11.9. The Kier molecular flexibility index (Phi) is 5.62. The molecule has 2 aromatic carbocycles. The zero-order chi connectivity index (χ0) is 26.6. The number of hydrogen-bond acceptors (Lipinski definition) is 6. The van der Waals surface area contributed by atoms with Crippen molar-refractivity contribution in [1.29, 1.82) is 0 Å². The normalized spacial score (nSPS) is 15.1. The number of hydrogen-bond donors (Lipinski definition) is 2. The fourth-order valence-electron chi connectivity index (χ4n) is 4.62. The van der Waals surface area contributed by atoms with Gasteiger partial charge in [0.05, 0.1) is 35.4 Å². The molecule has 2 aliphatic rings. The molecule has 2 N–H and O–H groups in total. The summed E-state index contributed by atoms with van der Waals surface area (Å²) in [5.41, 5.74) is -0.739. The lowest BCUT2D eigenvalue weighted by Crippen LogP contribution is -2.26. The van der Waals surface area contributed by atoms with Crippen LogP contribution < -0.4 is 10.9 Å². The van der Waals surface area contributed by atoms with E-state index < -0.39 is 23.6 Å². The van der Waals surface area contributed by atoms with Crippen LogP contribution in [0.2, 0.25) is 0 Å². The summed E-state index contributed by atoms with van der Waals surface area (Å²) in [6.07, 6.45) is -2.89. The number of amides is 1. The summed E-state index contributed by atoms with van der Waals surface area (Å²) >= 11 is 0. The number of aromatic amines is 1. The third-order valence-corrected chi connectivity index (χ3v) is 6.66. The van der Waals surface area contributed by atoms with Crippen molar-refractivity contribution in [3.63, 3.8) is 0 Å². The molecule has 1 fully saturated rings. The van der Waals surface area contributed by atoms with Gasteiger partial charge < -0.3 is 10.2 Å². The van der Waals surface area contributed by atoms with Gasteiger partial charge in [0.25, 0.3) is 11.5 Å². The Labute approximate surface area is 212 Å². The molecule has 1 amide bonds. The minimum absolute atomic E-state index is 0.0409. The van der Waals surface area contributed by atoms with E-state index in [1.165, 1.54) is 12.1 Å². The number of rotatable bonds is 5. The smallest absolute Gasteiger partial charge is 0.351 e. The van der Waals surface area contributed by atoms with Gasteiger partial charge in [-0.15, -0.1) is 0 Å². The fraction of sp³-hybridized carbons (Fsp3) is 0.269. The number of nitrogens with one attached hydrogen (secondary N) is 2. The highest BCUT2D eigenvalue weighted by atomic mass is 19.4. The summed E-state index contributed by atoms with van der Waals surface area (Å²) in [6.45, 7) is -0.586. The highest BCUT2D eigenvalue weighted by molar-refractivity contribution is 5.95. The van der Waals surface area contributed by atoms with Crippen molar-refractivity contribution in [2.24, 2.45) is 0 Å². The van der Waals surface area contributed by atoms with Gasteiger partial charge in [-0.05, 0) is 36.6 Å². The van der Waals surface area contributed by atoms with Gasteiger partial charge in [0.2, 0.25) is 5.95 Å². The van der Waals surface area contributed by atoms with Gasteiger partial charge in [-0.1, -0.05) is 24.3 Å². The second kappa shape index (κ2) is 8.89. The van der Waals surface area contributed by atoms with Gasteiger partial charge >= 0.3 is 6.18 Å². The highest BCUT2D eigenvalue weighted by Gasteiger charge is 2.41. The van der Waals surface area contributed by atoms with Crippen LogP contribution in [-0.4, -0.2) is 37.0 Å².